The molecule has 2 aromatic rings. The van der Waals surface area contributed by atoms with Crippen LogP contribution in [0, 0.1) is 5.92 Å². The zero-order valence-electron chi connectivity index (χ0n) is 17.3. The van der Waals surface area contributed by atoms with Gasteiger partial charge in [-0.15, -0.1) is 10.2 Å². The highest BCUT2D eigenvalue weighted by Crippen LogP contribution is 2.38. The number of rotatable bonds is 3. The maximum Gasteiger partial charge on any atom is 0.255 e. The molecule has 0 radical (unpaired) electrons. The number of ether oxygens (including phenoxy) is 1. The van der Waals surface area contributed by atoms with Crippen LogP contribution < -0.4 is 10.5 Å². The number of nitrogens with zero attached hydrogens (tertiary/aromatic N) is 5. The van der Waals surface area contributed by atoms with E-state index in [2.05, 4.69) is 36.7 Å². The number of hydrogen-bond donors (Lipinski definition) is 0. The molecule has 6 heterocycles. The van der Waals surface area contributed by atoms with E-state index in [1.54, 1.807) is 16.8 Å². The van der Waals surface area contributed by atoms with Crippen LogP contribution in [0.1, 0.15) is 49.3 Å². The SMILES string of the molecule is O=c1c(CN2CCC3(CCCO3)CC2)ccc2n1C[C@H]1C[C@@H]2CN(c2nncs2)C1. The molecule has 0 aliphatic carbocycles. The Hall–Kier alpha value is -1.77. The van der Waals surface area contributed by atoms with Crippen LogP contribution in [0.4, 0.5) is 5.13 Å². The van der Waals surface area contributed by atoms with E-state index in [4.69, 9.17) is 4.74 Å². The molecule has 2 atom stereocenters. The normalized spacial score (nSPS) is 28.1. The molecule has 0 aromatic carbocycles. The van der Waals surface area contributed by atoms with Crippen molar-refractivity contribution in [3.63, 3.8) is 0 Å². The Bertz CT molecular complexity index is 958. The fraction of sp³-hybridized carbons (Fsp3) is 0.682. The Morgan fingerprint density at radius 1 is 1.17 bits per heavy atom. The first-order chi connectivity index (χ1) is 14.7. The van der Waals surface area contributed by atoms with E-state index in [-0.39, 0.29) is 11.2 Å². The number of piperidine rings is 2. The molecule has 2 bridgehead atoms. The van der Waals surface area contributed by atoms with E-state index >= 15 is 0 Å². The molecule has 4 aliphatic rings. The zero-order valence-corrected chi connectivity index (χ0v) is 18.1. The first-order valence-electron chi connectivity index (χ1n) is 11.3. The highest BCUT2D eigenvalue weighted by atomic mass is 32.1. The van der Waals surface area contributed by atoms with Gasteiger partial charge in [-0.2, -0.15) is 0 Å². The fourth-order valence-corrected chi connectivity index (χ4v) is 6.66. The summed E-state index contributed by atoms with van der Waals surface area (Å²) >= 11 is 1.60. The van der Waals surface area contributed by atoms with Crippen molar-refractivity contribution in [3.8, 4) is 0 Å². The number of anilines is 1. The van der Waals surface area contributed by atoms with Crippen LogP contribution in [0.15, 0.2) is 22.4 Å². The predicted octanol–water partition coefficient (Wildman–Crippen LogP) is 2.47. The van der Waals surface area contributed by atoms with E-state index in [1.807, 2.05) is 0 Å². The Morgan fingerprint density at radius 2 is 2.07 bits per heavy atom. The summed E-state index contributed by atoms with van der Waals surface area (Å²) in [5.74, 6) is 0.903. The average molecular weight is 428 g/mol. The lowest BCUT2D eigenvalue weighted by atomic mass is 9.83. The van der Waals surface area contributed by atoms with Crippen LogP contribution in [0.2, 0.25) is 0 Å². The van der Waals surface area contributed by atoms with Gasteiger partial charge < -0.3 is 14.2 Å². The van der Waals surface area contributed by atoms with Gasteiger partial charge in [0.05, 0.1) is 5.60 Å². The molecule has 0 N–H and O–H groups in total. The number of hydrogen-bond acceptors (Lipinski definition) is 7. The Labute approximate surface area is 180 Å². The van der Waals surface area contributed by atoms with E-state index in [9.17, 15) is 4.79 Å². The van der Waals surface area contributed by atoms with Crippen molar-refractivity contribution in [2.75, 3.05) is 37.7 Å². The second kappa shape index (κ2) is 7.43. The standard InChI is InChI=1S/C22H29N5O2S/c28-20-17(13-25-7-5-22(6-8-25)4-1-9-29-22)2-3-19-18-10-16(12-27(19)20)11-26(14-18)21-24-23-15-30-21/h2-3,15-16,18H,1,4-14H2/t16-,18+/m0/s1. The van der Waals surface area contributed by atoms with Gasteiger partial charge in [0.15, 0.2) is 0 Å². The van der Waals surface area contributed by atoms with Crippen LogP contribution in [0.5, 0.6) is 0 Å². The minimum Gasteiger partial charge on any atom is -0.375 e. The molecule has 3 saturated heterocycles. The fourth-order valence-electron chi connectivity index (χ4n) is 6.08. The van der Waals surface area contributed by atoms with Crippen LogP contribution in [0.25, 0.3) is 0 Å². The Balaban J connectivity index is 1.19. The van der Waals surface area contributed by atoms with E-state index in [0.717, 1.165) is 69.4 Å². The highest BCUT2D eigenvalue weighted by molar-refractivity contribution is 7.13. The van der Waals surface area contributed by atoms with Gasteiger partial charge >= 0.3 is 0 Å². The molecule has 2 aromatic heterocycles. The van der Waals surface area contributed by atoms with Gasteiger partial charge in [0.25, 0.3) is 5.56 Å². The van der Waals surface area contributed by atoms with Crippen molar-refractivity contribution >= 4 is 16.5 Å². The quantitative estimate of drug-likeness (QED) is 0.750. The lowest BCUT2D eigenvalue weighted by Crippen LogP contribution is -2.48. The van der Waals surface area contributed by atoms with E-state index in [1.165, 1.54) is 25.0 Å². The first kappa shape index (κ1) is 19.0. The van der Waals surface area contributed by atoms with E-state index in [0.29, 0.717) is 11.8 Å². The Kier molecular flexibility index (Phi) is 4.69. The summed E-state index contributed by atoms with van der Waals surface area (Å²) in [5, 5.41) is 9.26. The molecule has 6 rings (SSSR count). The van der Waals surface area contributed by atoms with Crippen LogP contribution in [-0.4, -0.2) is 58.1 Å². The van der Waals surface area contributed by atoms with Gasteiger partial charge in [-0.1, -0.05) is 17.4 Å². The smallest absolute Gasteiger partial charge is 0.255 e. The third kappa shape index (κ3) is 3.29. The predicted molar refractivity (Wildman–Crippen MR) is 116 cm³/mol. The molecule has 1 spiro atoms. The number of pyridine rings is 1. The first-order valence-corrected chi connectivity index (χ1v) is 12.2. The summed E-state index contributed by atoms with van der Waals surface area (Å²) in [4.78, 5) is 18.2. The Morgan fingerprint density at radius 3 is 2.83 bits per heavy atom. The summed E-state index contributed by atoms with van der Waals surface area (Å²) in [5.41, 5.74) is 4.31. The summed E-state index contributed by atoms with van der Waals surface area (Å²) in [6, 6.07) is 4.31. The van der Waals surface area contributed by atoms with Crippen molar-refractivity contribution in [2.24, 2.45) is 5.92 Å². The maximum absolute atomic E-state index is 13.4. The third-order valence-electron chi connectivity index (χ3n) is 7.65. The maximum atomic E-state index is 13.4. The minimum absolute atomic E-state index is 0.137. The molecular formula is C22H29N5O2S. The van der Waals surface area contributed by atoms with Gasteiger partial charge in [-0.3, -0.25) is 9.69 Å². The second-order valence-corrected chi connectivity index (χ2v) is 10.3. The molecule has 8 heteroatoms. The van der Waals surface area contributed by atoms with Crippen molar-refractivity contribution in [1.82, 2.24) is 19.7 Å². The van der Waals surface area contributed by atoms with Crippen molar-refractivity contribution < 1.29 is 4.74 Å². The molecule has 0 saturated carbocycles. The summed E-state index contributed by atoms with van der Waals surface area (Å²) < 4.78 is 8.13. The van der Waals surface area contributed by atoms with Crippen LogP contribution in [-0.2, 0) is 17.8 Å². The highest BCUT2D eigenvalue weighted by Gasteiger charge is 2.39. The van der Waals surface area contributed by atoms with Gasteiger partial charge in [0.1, 0.15) is 5.51 Å². The zero-order chi connectivity index (χ0) is 20.1. The molecule has 4 aliphatic heterocycles. The number of fused-ring (bicyclic) bond motifs is 4. The van der Waals surface area contributed by atoms with Crippen LogP contribution in [0.3, 0.4) is 0 Å². The van der Waals surface area contributed by atoms with Crippen molar-refractivity contribution in [3.05, 3.63) is 39.3 Å². The molecule has 0 amide bonds. The molecule has 7 nitrogen and oxygen atoms in total. The summed E-state index contributed by atoms with van der Waals surface area (Å²) in [6.07, 6.45) is 5.78. The molecule has 160 valence electrons. The van der Waals surface area contributed by atoms with Crippen LogP contribution >= 0.6 is 11.3 Å². The molecule has 3 fully saturated rings. The molecular weight excluding hydrogens is 398 g/mol. The monoisotopic (exact) mass is 427 g/mol. The van der Waals surface area contributed by atoms with Gasteiger partial charge in [0.2, 0.25) is 5.13 Å². The largest absolute Gasteiger partial charge is 0.375 e. The average Bonchev–Trinajstić information content (AvgIpc) is 3.45. The third-order valence-corrected chi connectivity index (χ3v) is 8.40. The number of aromatic nitrogens is 3. The lowest BCUT2D eigenvalue weighted by molar-refractivity contribution is -0.0448. The topological polar surface area (TPSA) is 63.5 Å². The molecule has 30 heavy (non-hydrogen) atoms. The second-order valence-electron chi connectivity index (χ2n) is 9.54. The minimum atomic E-state index is 0.137. The summed E-state index contributed by atoms with van der Waals surface area (Å²) in [7, 11) is 0. The van der Waals surface area contributed by atoms with Crippen molar-refractivity contribution in [1.29, 1.82) is 0 Å². The van der Waals surface area contributed by atoms with E-state index < -0.39 is 0 Å². The van der Waals surface area contributed by atoms with Gasteiger partial charge in [0, 0.05) is 63.1 Å². The summed E-state index contributed by atoms with van der Waals surface area (Å²) in [6.45, 7) is 6.47. The van der Waals surface area contributed by atoms with Gasteiger partial charge in [-0.05, 0) is 44.1 Å². The van der Waals surface area contributed by atoms with Gasteiger partial charge in [-0.25, -0.2) is 0 Å². The van der Waals surface area contributed by atoms with Crippen molar-refractivity contribution in [2.45, 2.75) is 56.7 Å². The lowest BCUT2D eigenvalue weighted by Gasteiger charge is -2.43. The molecule has 0 unspecified atom stereocenters. The number of likely N-dealkylation sites (tertiary alicyclic amines) is 1.